The zero-order valence-electron chi connectivity index (χ0n) is 11.4. The highest BCUT2D eigenvalue weighted by atomic mass is 35.6. The summed E-state index contributed by atoms with van der Waals surface area (Å²) >= 11 is 16.7. The minimum Gasteiger partial charge on any atom is -0.463 e. The fraction of sp³-hybridized carbons (Fsp3) is 0.667. The summed E-state index contributed by atoms with van der Waals surface area (Å²) < 4.78 is 19.1. The van der Waals surface area contributed by atoms with E-state index in [1.165, 1.54) is 19.9 Å². The van der Waals surface area contributed by atoms with Gasteiger partial charge in [0.2, 0.25) is 3.79 Å². The molecule has 0 aromatic carbocycles. The maximum atomic E-state index is 11.0. The molecule has 0 spiro atoms. The Morgan fingerprint density at radius 2 is 1.86 bits per heavy atom. The van der Waals surface area contributed by atoms with Gasteiger partial charge in [-0.15, -0.1) is 0 Å². The third kappa shape index (κ3) is 7.87. The Morgan fingerprint density at radius 3 is 2.38 bits per heavy atom. The van der Waals surface area contributed by atoms with Crippen LogP contribution in [0.15, 0.2) is 12.2 Å². The minimum atomic E-state index is -1.57. The summed E-state index contributed by atoms with van der Waals surface area (Å²) in [7, 11) is 0. The lowest BCUT2D eigenvalue weighted by molar-refractivity contribution is -0.196. The van der Waals surface area contributed by atoms with Crippen LogP contribution < -0.4 is 0 Å². The molecule has 0 saturated carbocycles. The van der Waals surface area contributed by atoms with Gasteiger partial charge in [0.05, 0.1) is 6.61 Å². The van der Waals surface area contributed by atoms with Gasteiger partial charge in [-0.25, -0.2) is 0 Å². The molecule has 9 heteroatoms. The standard InChI is InChI=1S/C12H15Cl3O6/c1-7(16)18-5-10-9(20-8(2)17)3-4-11(21-10)19-6-12(13,14)15/h3-4,9-11H,5-6H2,1-2H3. The molecule has 120 valence electrons. The SMILES string of the molecule is CC(=O)OCC1OC(OCC(Cl)(Cl)Cl)C=CC1OC(C)=O. The van der Waals surface area contributed by atoms with Crippen LogP contribution in [-0.4, -0.2) is 47.4 Å². The molecule has 1 aliphatic heterocycles. The molecule has 0 radical (unpaired) electrons. The van der Waals surface area contributed by atoms with Gasteiger partial charge in [-0.3, -0.25) is 9.59 Å². The monoisotopic (exact) mass is 360 g/mol. The van der Waals surface area contributed by atoms with Gasteiger partial charge in [-0.1, -0.05) is 34.8 Å². The second-order valence-electron chi connectivity index (χ2n) is 4.23. The predicted octanol–water partition coefficient (Wildman–Crippen LogP) is 2.15. The van der Waals surface area contributed by atoms with Crippen LogP contribution in [0.25, 0.3) is 0 Å². The molecule has 0 aromatic rings. The third-order valence-corrected chi connectivity index (χ3v) is 2.62. The average Bonchev–Trinajstić information content (AvgIpc) is 2.34. The van der Waals surface area contributed by atoms with Crippen molar-refractivity contribution in [2.45, 2.75) is 36.1 Å². The number of esters is 2. The van der Waals surface area contributed by atoms with E-state index >= 15 is 0 Å². The van der Waals surface area contributed by atoms with E-state index in [-0.39, 0.29) is 13.2 Å². The van der Waals surface area contributed by atoms with E-state index in [2.05, 4.69) is 0 Å². The van der Waals surface area contributed by atoms with Crippen molar-refractivity contribution in [3.05, 3.63) is 12.2 Å². The highest BCUT2D eigenvalue weighted by Gasteiger charge is 2.32. The molecule has 0 N–H and O–H groups in total. The Bertz CT molecular complexity index is 406. The van der Waals surface area contributed by atoms with E-state index in [0.717, 1.165) is 0 Å². The summed E-state index contributed by atoms with van der Waals surface area (Å²) in [6.07, 6.45) is 0.904. The first-order valence-electron chi connectivity index (χ1n) is 6.00. The van der Waals surface area contributed by atoms with E-state index in [0.29, 0.717) is 0 Å². The Kier molecular flexibility index (Phi) is 7.23. The Labute approximate surface area is 137 Å². The molecule has 21 heavy (non-hydrogen) atoms. The zero-order valence-corrected chi connectivity index (χ0v) is 13.7. The largest absolute Gasteiger partial charge is 0.463 e. The molecule has 1 heterocycles. The summed E-state index contributed by atoms with van der Waals surface area (Å²) in [5, 5.41) is 0. The van der Waals surface area contributed by atoms with Gasteiger partial charge in [0, 0.05) is 13.8 Å². The number of carbonyl (C=O) groups excluding carboxylic acids is 2. The fourth-order valence-electron chi connectivity index (χ4n) is 1.53. The van der Waals surface area contributed by atoms with Gasteiger partial charge in [0.1, 0.15) is 18.8 Å². The number of carbonyl (C=O) groups is 2. The molecule has 3 atom stereocenters. The molecule has 0 fully saturated rings. The van der Waals surface area contributed by atoms with Crippen LogP contribution in [0.2, 0.25) is 0 Å². The van der Waals surface area contributed by atoms with E-state index in [1.54, 1.807) is 6.08 Å². The highest BCUT2D eigenvalue weighted by Crippen LogP contribution is 2.27. The summed E-state index contributed by atoms with van der Waals surface area (Å²) in [5.41, 5.74) is 0. The number of hydrogen-bond acceptors (Lipinski definition) is 6. The van der Waals surface area contributed by atoms with Crippen LogP contribution in [0, 0.1) is 0 Å². The lowest BCUT2D eigenvalue weighted by Gasteiger charge is -2.31. The molecule has 0 aliphatic carbocycles. The van der Waals surface area contributed by atoms with E-state index < -0.39 is 34.2 Å². The van der Waals surface area contributed by atoms with E-state index in [1.807, 2.05) is 0 Å². The van der Waals surface area contributed by atoms with Crippen molar-refractivity contribution in [1.29, 1.82) is 0 Å². The number of rotatable bonds is 5. The summed E-state index contributed by atoms with van der Waals surface area (Å²) in [6, 6.07) is 0. The second-order valence-corrected chi connectivity index (χ2v) is 6.75. The van der Waals surface area contributed by atoms with Crippen molar-refractivity contribution in [2.24, 2.45) is 0 Å². The number of ether oxygens (including phenoxy) is 4. The van der Waals surface area contributed by atoms with E-state index in [9.17, 15) is 9.59 Å². The minimum absolute atomic E-state index is 0.0920. The molecule has 1 aliphatic rings. The first-order valence-corrected chi connectivity index (χ1v) is 7.13. The van der Waals surface area contributed by atoms with Gasteiger partial charge in [-0.2, -0.15) is 0 Å². The maximum Gasteiger partial charge on any atom is 0.303 e. The molecule has 0 saturated heterocycles. The Morgan fingerprint density at radius 1 is 1.19 bits per heavy atom. The average molecular weight is 362 g/mol. The highest BCUT2D eigenvalue weighted by molar-refractivity contribution is 6.67. The number of alkyl halides is 3. The van der Waals surface area contributed by atoms with Gasteiger partial charge < -0.3 is 18.9 Å². The van der Waals surface area contributed by atoms with Crippen LogP contribution in [0.3, 0.4) is 0 Å². The second kappa shape index (κ2) is 8.19. The molecule has 0 amide bonds. The molecule has 0 aromatic heterocycles. The number of halogens is 3. The fourth-order valence-corrected chi connectivity index (χ4v) is 1.72. The summed E-state index contributed by atoms with van der Waals surface area (Å²) in [5.74, 6) is -0.963. The van der Waals surface area contributed by atoms with Crippen molar-refractivity contribution >= 4 is 46.7 Å². The number of hydrogen-bond donors (Lipinski definition) is 0. The first kappa shape index (κ1) is 18.5. The molecule has 1 rings (SSSR count). The van der Waals surface area contributed by atoms with Crippen LogP contribution in [0.4, 0.5) is 0 Å². The Hall–Kier alpha value is -0.530. The van der Waals surface area contributed by atoms with Crippen molar-refractivity contribution in [1.82, 2.24) is 0 Å². The van der Waals surface area contributed by atoms with Gasteiger partial charge in [0.25, 0.3) is 0 Å². The summed E-state index contributed by atoms with van der Waals surface area (Å²) in [4.78, 5) is 21.9. The molecule has 6 nitrogen and oxygen atoms in total. The Balaban J connectivity index is 2.64. The van der Waals surface area contributed by atoms with Crippen LogP contribution in [0.5, 0.6) is 0 Å². The normalized spacial score (nSPS) is 25.5. The third-order valence-electron chi connectivity index (χ3n) is 2.30. The summed E-state index contributed by atoms with van der Waals surface area (Å²) in [6.45, 7) is 2.24. The van der Waals surface area contributed by atoms with E-state index in [4.69, 9.17) is 53.8 Å². The lowest BCUT2D eigenvalue weighted by Crippen LogP contribution is -2.42. The quantitative estimate of drug-likeness (QED) is 0.424. The van der Waals surface area contributed by atoms with Crippen molar-refractivity contribution in [3.63, 3.8) is 0 Å². The topological polar surface area (TPSA) is 71.1 Å². The molecule has 0 bridgehead atoms. The van der Waals surface area contributed by atoms with Crippen LogP contribution >= 0.6 is 34.8 Å². The van der Waals surface area contributed by atoms with Crippen molar-refractivity contribution < 1.29 is 28.5 Å². The molecular formula is C12H15Cl3O6. The predicted molar refractivity (Wildman–Crippen MR) is 76.2 cm³/mol. The molecular weight excluding hydrogens is 346 g/mol. The van der Waals surface area contributed by atoms with Gasteiger partial charge in [-0.05, 0) is 12.2 Å². The van der Waals surface area contributed by atoms with Crippen LogP contribution in [-0.2, 0) is 28.5 Å². The molecule has 3 unspecified atom stereocenters. The maximum absolute atomic E-state index is 11.0. The van der Waals surface area contributed by atoms with Crippen LogP contribution in [0.1, 0.15) is 13.8 Å². The first-order chi connectivity index (χ1) is 9.67. The van der Waals surface area contributed by atoms with Gasteiger partial charge in [0.15, 0.2) is 6.29 Å². The zero-order chi connectivity index (χ0) is 16.0. The lowest BCUT2D eigenvalue weighted by atomic mass is 10.1. The smallest absolute Gasteiger partial charge is 0.303 e. The van der Waals surface area contributed by atoms with Gasteiger partial charge >= 0.3 is 11.9 Å². The van der Waals surface area contributed by atoms with Crippen molar-refractivity contribution in [3.8, 4) is 0 Å². The van der Waals surface area contributed by atoms with Crippen molar-refractivity contribution in [2.75, 3.05) is 13.2 Å².